The molecule has 0 saturated heterocycles. The largest absolute Gasteiger partial charge is 0.294 e. The standard InChI is InChI=1S/C16H17NO/c1-11-4-5-12(2)15(8-11)10-16(18)14-6-7-17-13(3)9-14/h4-9H,10H2,1-3H3. The molecule has 0 fully saturated rings. The van der Waals surface area contributed by atoms with Gasteiger partial charge in [0.05, 0.1) is 0 Å². The topological polar surface area (TPSA) is 30.0 Å². The van der Waals surface area contributed by atoms with E-state index < -0.39 is 0 Å². The molecule has 0 atom stereocenters. The number of rotatable bonds is 3. The van der Waals surface area contributed by atoms with E-state index in [-0.39, 0.29) is 5.78 Å². The van der Waals surface area contributed by atoms with Crippen LogP contribution in [0.5, 0.6) is 0 Å². The second-order valence-electron chi connectivity index (χ2n) is 4.72. The van der Waals surface area contributed by atoms with Crippen molar-refractivity contribution in [1.82, 2.24) is 4.98 Å². The number of hydrogen-bond acceptors (Lipinski definition) is 2. The lowest BCUT2D eigenvalue weighted by Gasteiger charge is -2.07. The maximum Gasteiger partial charge on any atom is 0.167 e. The predicted octanol–water partition coefficient (Wildman–Crippen LogP) is 3.43. The smallest absolute Gasteiger partial charge is 0.167 e. The van der Waals surface area contributed by atoms with Crippen molar-refractivity contribution in [3.05, 3.63) is 64.5 Å². The van der Waals surface area contributed by atoms with Crippen LogP contribution in [0.2, 0.25) is 0 Å². The molecule has 0 spiro atoms. The van der Waals surface area contributed by atoms with Gasteiger partial charge >= 0.3 is 0 Å². The lowest BCUT2D eigenvalue weighted by molar-refractivity contribution is 0.0992. The van der Waals surface area contributed by atoms with Gasteiger partial charge in [0, 0.05) is 23.9 Å². The fourth-order valence-corrected chi connectivity index (χ4v) is 1.98. The lowest BCUT2D eigenvalue weighted by Crippen LogP contribution is -2.05. The molecule has 0 radical (unpaired) electrons. The van der Waals surface area contributed by atoms with Crippen LogP contribution in [0.1, 0.15) is 32.7 Å². The number of nitrogens with zero attached hydrogens (tertiary/aromatic N) is 1. The van der Waals surface area contributed by atoms with E-state index in [1.165, 1.54) is 11.1 Å². The number of carbonyl (C=O) groups excluding carboxylic acids is 1. The van der Waals surface area contributed by atoms with Crippen LogP contribution in [-0.2, 0) is 6.42 Å². The van der Waals surface area contributed by atoms with E-state index in [1.807, 2.05) is 26.8 Å². The molecule has 1 aromatic carbocycles. The number of carbonyl (C=O) groups is 1. The highest BCUT2D eigenvalue weighted by Gasteiger charge is 2.09. The summed E-state index contributed by atoms with van der Waals surface area (Å²) in [7, 11) is 0. The molecule has 2 heteroatoms. The molecule has 92 valence electrons. The maximum absolute atomic E-state index is 12.2. The van der Waals surface area contributed by atoms with Crippen molar-refractivity contribution < 1.29 is 4.79 Å². The Morgan fingerprint density at radius 2 is 1.89 bits per heavy atom. The van der Waals surface area contributed by atoms with Crippen molar-refractivity contribution in [3.8, 4) is 0 Å². The summed E-state index contributed by atoms with van der Waals surface area (Å²) >= 11 is 0. The van der Waals surface area contributed by atoms with Crippen LogP contribution in [0.3, 0.4) is 0 Å². The van der Waals surface area contributed by atoms with E-state index in [9.17, 15) is 4.79 Å². The summed E-state index contributed by atoms with van der Waals surface area (Å²) < 4.78 is 0. The normalized spacial score (nSPS) is 10.4. The number of pyridine rings is 1. The zero-order chi connectivity index (χ0) is 13.1. The summed E-state index contributed by atoms with van der Waals surface area (Å²) in [4.78, 5) is 16.3. The number of hydrogen-bond donors (Lipinski definition) is 0. The van der Waals surface area contributed by atoms with Crippen LogP contribution < -0.4 is 0 Å². The van der Waals surface area contributed by atoms with Gasteiger partial charge in [-0.3, -0.25) is 9.78 Å². The summed E-state index contributed by atoms with van der Waals surface area (Å²) in [5.41, 5.74) is 5.08. The van der Waals surface area contributed by atoms with Crippen molar-refractivity contribution in [1.29, 1.82) is 0 Å². The Morgan fingerprint density at radius 3 is 2.61 bits per heavy atom. The van der Waals surface area contributed by atoms with E-state index in [0.29, 0.717) is 6.42 Å². The van der Waals surface area contributed by atoms with Gasteiger partial charge in [-0.2, -0.15) is 0 Å². The first-order chi connectivity index (χ1) is 8.56. The minimum Gasteiger partial charge on any atom is -0.294 e. The van der Waals surface area contributed by atoms with Crippen LogP contribution in [0.4, 0.5) is 0 Å². The number of ketones is 1. The van der Waals surface area contributed by atoms with E-state index in [0.717, 1.165) is 16.8 Å². The van der Waals surface area contributed by atoms with Crippen LogP contribution in [0, 0.1) is 20.8 Å². The lowest BCUT2D eigenvalue weighted by atomic mass is 9.98. The molecule has 1 aromatic heterocycles. The van der Waals surface area contributed by atoms with Crippen LogP contribution >= 0.6 is 0 Å². The Hall–Kier alpha value is -1.96. The molecule has 0 N–H and O–H groups in total. The molecule has 0 aliphatic heterocycles. The molecule has 0 bridgehead atoms. The van der Waals surface area contributed by atoms with E-state index in [2.05, 4.69) is 23.2 Å². The zero-order valence-electron chi connectivity index (χ0n) is 11.0. The predicted molar refractivity (Wildman–Crippen MR) is 72.9 cm³/mol. The van der Waals surface area contributed by atoms with Gasteiger partial charge in [-0.05, 0) is 44.0 Å². The van der Waals surface area contributed by atoms with E-state index >= 15 is 0 Å². The van der Waals surface area contributed by atoms with E-state index in [1.54, 1.807) is 12.3 Å². The maximum atomic E-state index is 12.2. The molecule has 0 unspecified atom stereocenters. The molecule has 1 heterocycles. The molecule has 2 aromatic rings. The first-order valence-corrected chi connectivity index (χ1v) is 6.08. The number of benzene rings is 1. The summed E-state index contributed by atoms with van der Waals surface area (Å²) in [6.45, 7) is 5.98. The molecule has 0 aliphatic carbocycles. The van der Waals surface area contributed by atoms with Crippen molar-refractivity contribution in [2.75, 3.05) is 0 Å². The number of aryl methyl sites for hydroxylation is 3. The summed E-state index contributed by atoms with van der Waals surface area (Å²) in [5, 5.41) is 0. The molecule has 18 heavy (non-hydrogen) atoms. The zero-order valence-corrected chi connectivity index (χ0v) is 11.0. The molecule has 0 aliphatic rings. The Balaban J connectivity index is 2.24. The fraction of sp³-hybridized carbons (Fsp3) is 0.250. The molecule has 2 rings (SSSR count). The van der Waals surface area contributed by atoms with Crippen LogP contribution in [-0.4, -0.2) is 10.8 Å². The summed E-state index contributed by atoms with van der Waals surface area (Å²) in [6.07, 6.45) is 2.14. The number of aromatic nitrogens is 1. The van der Waals surface area contributed by atoms with Gasteiger partial charge in [0.1, 0.15) is 0 Å². The average Bonchev–Trinajstić information content (AvgIpc) is 2.34. The SMILES string of the molecule is Cc1ccc(C)c(CC(=O)c2ccnc(C)c2)c1. The second-order valence-corrected chi connectivity index (χ2v) is 4.72. The summed E-state index contributed by atoms with van der Waals surface area (Å²) in [6, 6.07) is 9.84. The van der Waals surface area contributed by atoms with Crippen molar-refractivity contribution >= 4 is 5.78 Å². The van der Waals surface area contributed by atoms with Crippen molar-refractivity contribution in [2.24, 2.45) is 0 Å². The first kappa shape index (κ1) is 12.5. The Labute approximate surface area is 108 Å². The third kappa shape index (κ3) is 2.83. The molecule has 2 nitrogen and oxygen atoms in total. The third-order valence-electron chi connectivity index (χ3n) is 3.07. The van der Waals surface area contributed by atoms with Crippen LogP contribution in [0.15, 0.2) is 36.5 Å². The molecule has 0 saturated carbocycles. The highest BCUT2D eigenvalue weighted by atomic mass is 16.1. The van der Waals surface area contributed by atoms with Crippen LogP contribution in [0.25, 0.3) is 0 Å². The van der Waals surface area contributed by atoms with Crippen molar-refractivity contribution in [2.45, 2.75) is 27.2 Å². The Bertz CT molecular complexity index is 587. The summed E-state index contributed by atoms with van der Waals surface area (Å²) in [5.74, 6) is 0.147. The minimum absolute atomic E-state index is 0.147. The number of Topliss-reactive ketones (excluding diaryl/α,β-unsaturated/α-hetero) is 1. The van der Waals surface area contributed by atoms with Gasteiger partial charge in [0.25, 0.3) is 0 Å². The third-order valence-corrected chi connectivity index (χ3v) is 3.07. The average molecular weight is 239 g/mol. The minimum atomic E-state index is 0.147. The Morgan fingerprint density at radius 1 is 1.11 bits per heavy atom. The quantitative estimate of drug-likeness (QED) is 0.768. The van der Waals surface area contributed by atoms with Gasteiger partial charge in [-0.25, -0.2) is 0 Å². The highest BCUT2D eigenvalue weighted by molar-refractivity contribution is 5.97. The van der Waals surface area contributed by atoms with Gasteiger partial charge in [-0.15, -0.1) is 0 Å². The fourth-order valence-electron chi connectivity index (χ4n) is 1.98. The Kier molecular flexibility index (Phi) is 3.56. The first-order valence-electron chi connectivity index (χ1n) is 6.08. The highest BCUT2D eigenvalue weighted by Crippen LogP contribution is 2.14. The monoisotopic (exact) mass is 239 g/mol. The molecule has 0 amide bonds. The second kappa shape index (κ2) is 5.13. The van der Waals surface area contributed by atoms with E-state index in [4.69, 9.17) is 0 Å². The van der Waals surface area contributed by atoms with Gasteiger partial charge in [0.2, 0.25) is 0 Å². The van der Waals surface area contributed by atoms with Crippen molar-refractivity contribution in [3.63, 3.8) is 0 Å². The van der Waals surface area contributed by atoms with Gasteiger partial charge in [-0.1, -0.05) is 23.8 Å². The van der Waals surface area contributed by atoms with Gasteiger partial charge < -0.3 is 0 Å². The van der Waals surface area contributed by atoms with Gasteiger partial charge in [0.15, 0.2) is 5.78 Å². The molecular weight excluding hydrogens is 222 g/mol. The molecular formula is C16H17NO.